The quantitative estimate of drug-likeness (QED) is 0.602. The molecule has 0 saturated carbocycles. The summed E-state index contributed by atoms with van der Waals surface area (Å²) in [5.74, 6) is 0.886. The largest absolute Gasteiger partial charge is 0.411 e. The van der Waals surface area contributed by atoms with E-state index >= 15 is 0 Å². The Kier molecular flexibility index (Phi) is 4.89. The zero-order valence-electron chi connectivity index (χ0n) is 14.1. The number of alkyl halides is 2. The van der Waals surface area contributed by atoms with E-state index in [1.807, 2.05) is 24.3 Å². The van der Waals surface area contributed by atoms with Crippen molar-refractivity contribution in [2.75, 3.05) is 0 Å². The average Bonchev–Trinajstić information content (AvgIpc) is 3.21. The van der Waals surface area contributed by atoms with Crippen molar-refractivity contribution >= 4 is 11.8 Å². The van der Waals surface area contributed by atoms with Crippen LogP contribution in [0.1, 0.15) is 38.7 Å². The molecule has 2 heterocycles. The number of nitrogens with zero attached hydrogens (tertiary/aromatic N) is 4. The number of hydrogen-bond donors (Lipinski definition) is 0. The molecule has 1 aromatic carbocycles. The second-order valence-corrected chi connectivity index (χ2v) is 7.44. The van der Waals surface area contributed by atoms with Crippen LogP contribution in [-0.4, -0.2) is 19.7 Å². The third kappa shape index (κ3) is 4.07. The van der Waals surface area contributed by atoms with Crippen molar-refractivity contribution in [3.05, 3.63) is 48.0 Å². The van der Waals surface area contributed by atoms with Crippen molar-refractivity contribution in [1.29, 1.82) is 0 Å². The van der Waals surface area contributed by atoms with Gasteiger partial charge in [0.1, 0.15) is 5.82 Å². The number of hydrogen-bond acceptors (Lipinski definition) is 5. The van der Waals surface area contributed by atoms with Gasteiger partial charge in [0.05, 0.1) is 5.75 Å². The van der Waals surface area contributed by atoms with Crippen LogP contribution in [0.15, 0.2) is 46.3 Å². The van der Waals surface area contributed by atoms with Crippen LogP contribution in [0.25, 0.3) is 11.5 Å². The minimum atomic E-state index is -2.61. The highest BCUT2D eigenvalue weighted by Gasteiger charge is 2.16. The minimum Gasteiger partial charge on any atom is -0.411 e. The highest BCUT2D eigenvalue weighted by atomic mass is 32.2. The first-order valence-corrected chi connectivity index (χ1v) is 8.70. The molecule has 0 unspecified atom stereocenters. The number of rotatable bonds is 5. The van der Waals surface area contributed by atoms with Gasteiger partial charge in [-0.25, -0.2) is 4.98 Å². The fraction of sp³-hybridized carbons (Fsp3) is 0.353. The number of aromatic nitrogens is 4. The zero-order valence-corrected chi connectivity index (χ0v) is 14.9. The number of imidazole rings is 1. The zero-order chi connectivity index (χ0) is 18.0. The molecule has 0 N–H and O–H groups in total. The molecule has 0 spiro atoms. The van der Waals surface area contributed by atoms with E-state index in [0.29, 0.717) is 11.1 Å². The van der Waals surface area contributed by atoms with Gasteiger partial charge in [-0.15, -0.1) is 10.2 Å². The lowest BCUT2D eigenvalue weighted by Crippen LogP contribution is -2.10. The fourth-order valence-corrected chi connectivity index (χ4v) is 2.97. The summed E-state index contributed by atoms with van der Waals surface area (Å²) in [6, 6.07) is 7.94. The molecule has 8 heteroatoms. The van der Waals surface area contributed by atoms with E-state index in [0.717, 1.165) is 10.1 Å². The lowest BCUT2D eigenvalue weighted by atomic mass is 9.87. The molecule has 25 heavy (non-hydrogen) atoms. The number of halogens is 2. The van der Waals surface area contributed by atoms with Gasteiger partial charge >= 0.3 is 6.55 Å². The predicted octanol–water partition coefficient (Wildman–Crippen LogP) is 4.92. The second kappa shape index (κ2) is 6.95. The first-order valence-electron chi connectivity index (χ1n) is 7.71. The summed E-state index contributed by atoms with van der Waals surface area (Å²) in [5, 5.41) is 8.30. The summed E-state index contributed by atoms with van der Waals surface area (Å²) in [6.45, 7) is 3.82. The molecule has 0 fully saturated rings. The smallest absolute Gasteiger partial charge is 0.319 e. The Balaban J connectivity index is 1.69. The molecule has 3 rings (SSSR count). The maximum Gasteiger partial charge on any atom is 0.319 e. The molecular formula is C17H18F2N4OS. The molecule has 0 atom stereocenters. The van der Waals surface area contributed by atoms with Gasteiger partial charge in [0.2, 0.25) is 5.89 Å². The summed E-state index contributed by atoms with van der Waals surface area (Å²) < 4.78 is 32.0. The Hall–Kier alpha value is -2.22. The molecule has 3 aromatic rings. The van der Waals surface area contributed by atoms with E-state index in [1.165, 1.54) is 29.7 Å². The Labute approximate surface area is 148 Å². The van der Waals surface area contributed by atoms with Gasteiger partial charge in [0.25, 0.3) is 5.22 Å². The number of thioether (sulfide) groups is 1. The minimum absolute atomic E-state index is 0.0704. The molecule has 2 aromatic heterocycles. The third-order valence-electron chi connectivity index (χ3n) is 3.69. The Morgan fingerprint density at radius 1 is 1.16 bits per heavy atom. The predicted molar refractivity (Wildman–Crippen MR) is 91.5 cm³/mol. The van der Waals surface area contributed by atoms with E-state index < -0.39 is 6.55 Å². The number of benzene rings is 1. The van der Waals surface area contributed by atoms with Gasteiger partial charge in [-0.3, -0.25) is 4.57 Å². The van der Waals surface area contributed by atoms with Crippen LogP contribution in [0, 0.1) is 0 Å². The second-order valence-electron chi connectivity index (χ2n) is 6.52. The Morgan fingerprint density at radius 3 is 2.52 bits per heavy atom. The van der Waals surface area contributed by atoms with E-state index in [1.54, 1.807) is 0 Å². The van der Waals surface area contributed by atoms with Gasteiger partial charge in [0.15, 0.2) is 0 Å². The van der Waals surface area contributed by atoms with E-state index in [-0.39, 0.29) is 17.0 Å². The molecule has 0 aliphatic carbocycles. The lowest BCUT2D eigenvalue weighted by molar-refractivity contribution is 0.0678. The van der Waals surface area contributed by atoms with Gasteiger partial charge < -0.3 is 4.42 Å². The highest BCUT2D eigenvalue weighted by molar-refractivity contribution is 7.98. The van der Waals surface area contributed by atoms with Crippen molar-refractivity contribution < 1.29 is 13.2 Å². The molecule has 0 aliphatic heterocycles. The molecule has 0 amide bonds. The van der Waals surface area contributed by atoms with Gasteiger partial charge in [-0.2, -0.15) is 8.78 Å². The standard InChI is InChI=1S/C17H18F2N4OS/c1-17(2,3)12-6-4-11(5-7-12)14-21-22-16(24-14)25-10-13-20-8-9-23(13)15(18)19/h4-9,15H,10H2,1-3H3. The molecule has 5 nitrogen and oxygen atoms in total. The van der Waals surface area contributed by atoms with E-state index in [2.05, 4.69) is 36.0 Å². The first kappa shape index (κ1) is 17.6. The summed E-state index contributed by atoms with van der Waals surface area (Å²) in [6.07, 6.45) is 2.59. The SMILES string of the molecule is CC(C)(C)c1ccc(-c2nnc(SCc3nccn3C(F)F)o2)cc1. The molecule has 0 aliphatic rings. The monoisotopic (exact) mass is 364 g/mol. The molecule has 132 valence electrons. The van der Waals surface area contributed by atoms with Gasteiger partial charge in [0, 0.05) is 18.0 Å². The van der Waals surface area contributed by atoms with Crippen molar-refractivity contribution in [1.82, 2.24) is 19.7 Å². The van der Waals surface area contributed by atoms with Crippen LogP contribution in [0.4, 0.5) is 8.78 Å². The summed E-state index contributed by atoms with van der Waals surface area (Å²) in [5.41, 5.74) is 2.10. The van der Waals surface area contributed by atoms with Crippen LogP contribution >= 0.6 is 11.8 Å². The van der Waals surface area contributed by atoms with Crippen molar-refractivity contribution in [3.8, 4) is 11.5 Å². The van der Waals surface area contributed by atoms with Crippen LogP contribution in [0.2, 0.25) is 0 Å². The fourth-order valence-electron chi connectivity index (χ4n) is 2.26. The van der Waals surface area contributed by atoms with E-state index in [9.17, 15) is 8.78 Å². The average molecular weight is 364 g/mol. The van der Waals surface area contributed by atoms with Crippen molar-refractivity contribution in [2.45, 2.75) is 43.7 Å². The highest BCUT2D eigenvalue weighted by Crippen LogP contribution is 2.28. The van der Waals surface area contributed by atoms with Crippen molar-refractivity contribution in [3.63, 3.8) is 0 Å². The maximum absolute atomic E-state index is 12.8. The van der Waals surface area contributed by atoms with Gasteiger partial charge in [-0.1, -0.05) is 44.7 Å². The Morgan fingerprint density at radius 2 is 1.88 bits per heavy atom. The van der Waals surface area contributed by atoms with Crippen LogP contribution in [0.3, 0.4) is 0 Å². The maximum atomic E-state index is 12.8. The normalized spacial score (nSPS) is 12.1. The molecular weight excluding hydrogens is 346 g/mol. The first-order chi connectivity index (χ1) is 11.8. The topological polar surface area (TPSA) is 56.7 Å². The summed E-state index contributed by atoms with van der Waals surface area (Å²) in [7, 11) is 0. The van der Waals surface area contributed by atoms with Crippen LogP contribution < -0.4 is 0 Å². The van der Waals surface area contributed by atoms with Crippen molar-refractivity contribution in [2.24, 2.45) is 0 Å². The molecule has 0 saturated heterocycles. The van der Waals surface area contributed by atoms with E-state index in [4.69, 9.17) is 4.42 Å². The van der Waals surface area contributed by atoms with Crippen LogP contribution in [0.5, 0.6) is 0 Å². The Bertz CT molecular complexity index is 837. The molecule has 0 bridgehead atoms. The summed E-state index contributed by atoms with van der Waals surface area (Å²) >= 11 is 1.18. The third-order valence-corrected chi connectivity index (χ3v) is 4.50. The lowest BCUT2D eigenvalue weighted by Gasteiger charge is -2.18. The van der Waals surface area contributed by atoms with Crippen LogP contribution in [-0.2, 0) is 11.2 Å². The van der Waals surface area contributed by atoms with Gasteiger partial charge in [-0.05, 0) is 23.1 Å². The molecule has 0 radical (unpaired) electrons. The summed E-state index contributed by atoms with van der Waals surface area (Å²) in [4.78, 5) is 3.92.